The van der Waals surface area contributed by atoms with E-state index in [0.29, 0.717) is 22.3 Å². The Bertz CT molecular complexity index is 1020. The Morgan fingerprint density at radius 2 is 2.03 bits per heavy atom. The molecule has 2 aromatic carbocycles. The zero-order valence-corrected chi connectivity index (χ0v) is 20.5. The van der Waals surface area contributed by atoms with Crippen LogP contribution in [0.5, 0.6) is 0 Å². The molecule has 0 radical (unpaired) electrons. The molecule has 0 spiro atoms. The number of carbonyl (C=O) groups is 1. The van der Waals surface area contributed by atoms with Crippen molar-refractivity contribution in [1.29, 1.82) is 0 Å². The Morgan fingerprint density at radius 1 is 1.26 bits per heavy atom. The fraction of sp³-hybridized carbons (Fsp3) is 0.364. The average Bonchev–Trinajstić information content (AvgIpc) is 3.22. The van der Waals surface area contributed by atoms with Crippen LogP contribution in [-0.2, 0) is 4.74 Å². The molecule has 1 fully saturated rings. The lowest BCUT2D eigenvalue weighted by molar-refractivity contribution is 0.0376. The summed E-state index contributed by atoms with van der Waals surface area (Å²) < 4.78 is 6.42. The van der Waals surface area contributed by atoms with Gasteiger partial charge in [0.1, 0.15) is 5.52 Å². The lowest BCUT2D eigenvalue weighted by atomic mass is 10.2. The second-order valence-corrected chi connectivity index (χ2v) is 9.38. The van der Waals surface area contributed by atoms with Gasteiger partial charge >= 0.3 is 0 Å². The molecule has 166 valence electrons. The minimum Gasteiger partial charge on any atom is -0.379 e. The molecular formula is C22H25Cl2N3O2S2. The zero-order valence-electron chi connectivity index (χ0n) is 17.3. The Balaban J connectivity index is 0.00000272. The van der Waals surface area contributed by atoms with Gasteiger partial charge in [0.05, 0.1) is 22.9 Å². The molecule has 0 bridgehead atoms. The van der Waals surface area contributed by atoms with Gasteiger partial charge in [-0.3, -0.25) is 14.6 Å². The van der Waals surface area contributed by atoms with Crippen LogP contribution in [0.15, 0.2) is 47.4 Å². The molecule has 0 aliphatic carbocycles. The molecular weight excluding hydrogens is 473 g/mol. The van der Waals surface area contributed by atoms with Gasteiger partial charge in [0.15, 0.2) is 5.13 Å². The number of hydrogen-bond donors (Lipinski definition) is 0. The third kappa shape index (κ3) is 5.92. The molecule has 9 heteroatoms. The zero-order chi connectivity index (χ0) is 20.9. The van der Waals surface area contributed by atoms with Gasteiger partial charge in [-0.1, -0.05) is 35.1 Å². The number of anilines is 1. The maximum absolute atomic E-state index is 13.5. The van der Waals surface area contributed by atoms with Crippen molar-refractivity contribution < 1.29 is 9.53 Å². The standard InChI is InChI=1S/C22H24ClN3O2S2.ClH/c1-29-17-6-2-5-16(15-17)21(27)26(10-4-9-25-11-13-28-14-12-25)22-24-20-18(23)7-3-8-19(20)30-22;/h2-3,5-8,15H,4,9-14H2,1H3;1H. The predicted molar refractivity (Wildman–Crippen MR) is 134 cm³/mol. The fourth-order valence-electron chi connectivity index (χ4n) is 3.49. The molecule has 1 aromatic heterocycles. The lowest BCUT2D eigenvalue weighted by Crippen LogP contribution is -2.39. The minimum absolute atomic E-state index is 0. The van der Waals surface area contributed by atoms with Crippen molar-refractivity contribution in [2.75, 3.05) is 50.5 Å². The van der Waals surface area contributed by atoms with Crippen molar-refractivity contribution in [2.45, 2.75) is 11.3 Å². The van der Waals surface area contributed by atoms with Crippen LogP contribution in [0.4, 0.5) is 5.13 Å². The monoisotopic (exact) mass is 497 g/mol. The van der Waals surface area contributed by atoms with E-state index in [1.807, 2.05) is 48.7 Å². The normalized spacial score (nSPS) is 14.4. The summed E-state index contributed by atoms with van der Waals surface area (Å²) in [5, 5.41) is 1.31. The van der Waals surface area contributed by atoms with Crippen LogP contribution < -0.4 is 4.90 Å². The molecule has 31 heavy (non-hydrogen) atoms. The molecule has 1 saturated heterocycles. The number of ether oxygens (including phenoxy) is 1. The number of amides is 1. The largest absolute Gasteiger partial charge is 0.379 e. The van der Waals surface area contributed by atoms with Crippen LogP contribution >= 0.6 is 47.1 Å². The van der Waals surface area contributed by atoms with E-state index in [-0.39, 0.29) is 18.3 Å². The number of para-hydroxylation sites is 1. The molecule has 4 rings (SSSR count). The summed E-state index contributed by atoms with van der Waals surface area (Å²) in [6.45, 7) is 4.99. The van der Waals surface area contributed by atoms with Crippen LogP contribution in [0.1, 0.15) is 16.8 Å². The van der Waals surface area contributed by atoms with Crippen LogP contribution in [-0.4, -0.2) is 61.4 Å². The fourth-order valence-corrected chi connectivity index (χ4v) is 5.24. The summed E-state index contributed by atoms with van der Waals surface area (Å²) in [6, 6.07) is 13.5. The average molecular weight is 499 g/mol. The van der Waals surface area contributed by atoms with Gasteiger partial charge in [-0.15, -0.1) is 24.2 Å². The molecule has 1 aliphatic rings. The van der Waals surface area contributed by atoms with E-state index >= 15 is 0 Å². The molecule has 0 atom stereocenters. The van der Waals surface area contributed by atoms with Gasteiger partial charge in [0, 0.05) is 36.6 Å². The van der Waals surface area contributed by atoms with Crippen LogP contribution in [0, 0.1) is 0 Å². The first kappa shape index (κ1) is 24.3. The molecule has 1 amide bonds. The number of thioether (sulfide) groups is 1. The number of halogens is 2. The molecule has 3 aromatic rings. The minimum atomic E-state index is -0.0249. The van der Waals surface area contributed by atoms with Crippen molar-refractivity contribution >= 4 is 68.4 Å². The van der Waals surface area contributed by atoms with Gasteiger partial charge in [-0.05, 0) is 43.0 Å². The number of aromatic nitrogens is 1. The van der Waals surface area contributed by atoms with Crippen LogP contribution in [0.25, 0.3) is 10.2 Å². The van der Waals surface area contributed by atoms with Crippen LogP contribution in [0.3, 0.4) is 0 Å². The predicted octanol–water partition coefficient (Wildman–Crippen LogP) is 5.46. The van der Waals surface area contributed by atoms with Crippen molar-refractivity contribution in [1.82, 2.24) is 9.88 Å². The number of nitrogens with zero attached hydrogens (tertiary/aromatic N) is 3. The smallest absolute Gasteiger partial charge is 0.260 e. The first-order valence-corrected chi connectivity index (χ1v) is 12.4. The number of carbonyl (C=O) groups excluding carboxylic acids is 1. The molecule has 5 nitrogen and oxygen atoms in total. The second kappa shape index (κ2) is 11.5. The van der Waals surface area contributed by atoms with Crippen molar-refractivity contribution in [2.24, 2.45) is 0 Å². The van der Waals surface area contributed by atoms with E-state index in [0.717, 1.165) is 54.4 Å². The lowest BCUT2D eigenvalue weighted by Gasteiger charge is -2.27. The summed E-state index contributed by atoms with van der Waals surface area (Å²) in [5.74, 6) is -0.0249. The highest BCUT2D eigenvalue weighted by Gasteiger charge is 2.22. The summed E-state index contributed by atoms with van der Waals surface area (Å²) in [4.78, 5) is 23.5. The number of hydrogen-bond acceptors (Lipinski definition) is 6. The number of morpholine rings is 1. The maximum atomic E-state index is 13.5. The van der Waals surface area contributed by atoms with Gasteiger partial charge in [-0.2, -0.15) is 0 Å². The Morgan fingerprint density at radius 3 is 2.77 bits per heavy atom. The summed E-state index contributed by atoms with van der Waals surface area (Å²) in [7, 11) is 0. The Kier molecular flexibility index (Phi) is 9.01. The first-order valence-electron chi connectivity index (χ1n) is 9.97. The highest BCUT2D eigenvalue weighted by Crippen LogP contribution is 2.33. The van der Waals surface area contributed by atoms with E-state index in [1.54, 1.807) is 16.7 Å². The number of fused-ring (bicyclic) bond motifs is 1. The van der Waals surface area contributed by atoms with E-state index in [4.69, 9.17) is 21.3 Å². The maximum Gasteiger partial charge on any atom is 0.260 e. The van der Waals surface area contributed by atoms with E-state index < -0.39 is 0 Å². The third-order valence-corrected chi connectivity index (χ3v) is 7.18. The van der Waals surface area contributed by atoms with Crippen molar-refractivity contribution in [3.05, 3.63) is 53.1 Å². The van der Waals surface area contributed by atoms with Gasteiger partial charge in [0.25, 0.3) is 5.91 Å². The van der Waals surface area contributed by atoms with E-state index in [1.165, 1.54) is 11.3 Å². The number of benzene rings is 2. The highest BCUT2D eigenvalue weighted by molar-refractivity contribution is 7.98. The van der Waals surface area contributed by atoms with Crippen molar-refractivity contribution in [3.8, 4) is 0 Å². The van der Waals surface area contributed by atoms with Crippen LogP contribution in [0.2, 0.25) is 5.02 Å². The molecule has 0 saturated carbocycles. The molecule has 0 N–H and O–H groups in total. The van der Waals surface area contributed by atoms with Gasteiger partial charge < -0.3 is 4.74 Å². The Hall–Kier alpha value is -1.35. The molecule has 1 aliphatic heterocycles. The molecule has 0 unspecified atom stereocenters. The second-order valence-electron chi connectivity index (χ2n) is 7.08. The number of thiazole rings is 1. The highest BCUT2D eigenvalue weighted by atomic mass is 35.5. The van der Waals surface area contributed by atoms with Crippen molar-refractivity contribution in [3.63, 3.8) is 0 Å². The summed E-state index contributed by atoms with van der Waals surface area (Å²) in [6.07, 6.45) is 2.89. The summed E-state index contributed by atoms with van der Waals surface area (Å²) in [5.41, 5.74) is 1.43. The van der Waals surface area contributed by atoms with E-state index in [9.17, 15) is 4.79 Å². The molecule has 2 heterocycles. The van der Waals surface area contributed by atoms with Gasteiger partial charge in [-0.25, -0.2) is 4.98 Å². The Labute approximate surface area is 202 Å². The first-order chi connectivity index (χ1) is 14.7. The number of rotatable bonds is 7. The van der Waals surface area contributed by atoms with Gasteiger partial charge in [0.2, 0.25) is 0 Å². The van der Waals surface area contributed by atoms with E-state index in [2.05, 4.69) is 4.90 Å². The summed E-state index contributed by atoms with van der Waals surface area (Å²) >= 11 is 9.48. The third-order valence-electron chi connectivity index (χ3n) is 5.11. The topological polar surface area (TPSA) is 45.7 Å². The SMILES string of the molecule is CSc1cccc(C(=O)N(CCCN2CCOCC2)c2nc3c(Cl)cccc3s2)c1.Cl. The quantitative estimate of drug-likeness (QED) is 0.405.